The van der Waals surface area contributed by atoms with Gasteiger partial charge >= 0.3 is 19.8 Å². The first-order chi connectivity index (χ1) is 37.0. The molecule has 0 aromatic rings. The van der Waals surface area contributed by atoms with Gasteiger partial charge in [0, 0.05) is 12.8 Å². The minimum atomic E-state index is -4.39. The molecule has 0 saturated carbocycles. The van der Waals surface area contributed by atoms with Crippen LogP contribution in [0.4, 0.5) is 0 Å². The topological polar surface area (TPSA) is 108 Å². The zero-order chi connectivity index (χ0) is 55.6. The number of likely N-dealkylation sites (N-methyl/N-ethyl adjacent to an activating group) is 1. The van der Waals surface area contributed by atoms with Crippen LogP contribution in [0.2, 0.25) is 0 Å². The van der Waals surface area contributed by atoms with E-state index < -0.39 is 26.5 Å². The Labute approximate surface area is 469 Å². The summed E-state index contributed by atoms with van der Waals surface area (Å²) in [4.78, 5) is 35.8. The number of carbonyl (C=O) groups is 2. The first-order valence-electron chi connectivity index (χ1n) is 31.7. The van der Waals surface area contributed by atoms with Crippen molar-refractivity contribution >= 4 is 19.8 Å². The van der Waals surface area contributed by atoms with Crippen LogP contribution >= 0.6 is 7.82 Å². The van der Waals surface area contributed by atoms with E-state index in [2.05, 4.69) is 86.8 Å². The van der Waals surface area contributed by atoms with Gasteiger partial charge in [-0.25, -0.2) is 4.57 Å². The number of hydrogen-bond acceptors (Lipinski definition) is 7. The smallest absolute Gasteiger partial charge is 0.462 e. The van der Waals surface area contributed by atoms with Gasteiger partial charge in [-0.3, -0.25) is 18.6 Å². The van der Waals surface area contributed by atoms with Crippen molar-refractivity contribution in [2.24, 2.45) is 0 Å². The van der Waals surface area contributed by atoms with E-state index in [1.165, 1.54) is 180 Å². The largest absolute Gasteiger partial charge is 0.472 e. The molecule has 0 amide bonds. The Kier molecular flexibility index (Phi) is 55.2. The minimum absolute atomic E-state index is 0.0303. The van der Waals surface area contributed by atoms with Gasteiger partial charge in [0.05, 0.1) is 27.7 Å². The van der Waals surface area contributed by atoms with Crippen LogP contribution in [0.1, 0.15) is 284 Å². The maximum atomic E-state index is 12.8. The van der Waals surface area contributed by atoms with Crippen LogP contribution in [0.3, 0.4) is 0 Å². The fourth-order valence-corrected chi connectivity index (χ4v) is 9.60. The molecule has 0 spiro atoms. The second kappa shape index (κ2) is 57.1. The first kappa shape index (κ1) is 73.5. The number of phosphoric ester groups is 1. The van der Waals surface area contributed by atoms with Crippen molar-refractivity contribution in [3.63, 3.8) is 0 Å². The van der Waals surface area contributed by atoms with Crippen LogP contribution in [0, 0.1) is 0 Å². The van der Waals surface area contributed by atoms with Crippen LogP contribution < -0.4 is 0 Å². The van der Waals surface area contributed by atoms with Crippen molar-refractivity contribution in [1.82, 2.24) is 0 Å². The van der Waals surface area contributed by atoms with Crippen molar-refractivity contribution in [2.75, 3.05) is 47.5 Å². The molecule has 2 atom stereocenters. The maximum Gasteiger partial charge on any atom is 0.472 e. The van der Waals surface area contributed by atoms with E-state index in [0.717, 1.165) is 70.6 Å². The monoisotopic (exact) mass is 1090 g/mol. The average Bonchev–Trinajstić information content (AvgIpc) is 3.38. The molecule has 2 unspecified atom stereocenters. The first-order valence-corrected chi connectivity index (χ1v) is 33.2. The predicted octanol–water partition coefficient (Wildman–Crippen LogP) is 20.0. The lowest BCUT2D eigenvalue weighted by molar-refractivity contribution is -0.870. The highest BCUT2D eigenvalue weighted by Gasteiger charge is 2.27. The van der Waals surface area contributed by atoms with E-state index in [4.69, 9.17) is 18.5 Å². The molecule has 10 heteroatoms. The zero-order valence-electron chi connectivity index (χ0n) is 50.2. The van der Waals surface area contributed by atoms with Crippen molar-refractivity contribution < 1.29 is 42.1 Å². The summed E-state index contributed by atoms with van der Waals surface area (Å²) in [7, 11) is 1.48. The number of quaternary nitrogens is 1. The van der Waals surface area contributed by atoms with Crippen molar-refractivity contribution in [3.05, 3.63) is 72.9 Å². The fraction of sp³-hybridized carbons (Fsp3) is 0.788. The molecule has 1 N–H and O–H groups in total. The van der Waals surface area contributed by atoms with E-state index >= 15 is 0 Å². The molecule has 0 heterocycles. The van der Waals surface area contributed by atoms with Crippen LogP contribution in [0.25, 0.3) is 0 Å². The summed E-state index contributed by atoms with van der Waals surface area (Å²) in [5.41, 5.74) is 0. The highest BCUT2D eigenvalue weighted by Crippen LogP contribution is 2.43. The molecular weight excluding hydrogens is 966 g/mol. The summed E-state index contributed by atoms with van der Waals surface area (Å²) >= 11 is 0. The van der Waals surface area contributed by atoms with Crippen LogP contribution in [-0.2, 0) is 32.7 Å². The Morgan fingerprint density at radius 3 is 1.12 bits per heavy atom. The summed E-state index contributed by atoms with van der Waals surface area (Å²) < 4.78 is 34.7. The normalized spacial score (nSPS) is 13.7. The van der Waals surface area contributed by atoms with Gasteiger partial charge in [-0.1, -0.05) is 260 Å². The highest BCUT2D eigenvalue weighted by molar-refractivity contribution is 7.47. The van der Waals surface area contributed by atoms with E-state index in [-0.39, 0.29) is 32.0 Å². The van der Waals surface area contributed by atoms with Gasteiger partial charge in [-0.2, -0.15) is 0 Å². The molecule has 0 saturated heterocycles. The third kappa shape index (κ3) is 60.7. The standard InChI is InChI=1S/C66H120NO8P/c1-6-8-10-12-14-16-18-20-22-24-26-28-30-32-33-35-37-39-41-43-45-47-49-51-53-55-57-59-66(69)75-64(63-74-76(70,71)73-61-60-67(3,4)5)62-72-65(68)58-56-54-52-50-48-46-44-42-40-38-36-34-31-29-27-25-23-21-19-17-15-13-11-9-7-2/h8,10,14,16,19-22,25-28,64H,6-7,9,11-13,15,17-18,23-24,29-63H2,1-5H3/p+1/b10-8-,16-14-,21-19-,22-20-,27-25-,28-26-. The Bertz CT molecular complexity index is 1510. The molecule has 0 aromatic heterocycles. The highest BCUT2D eigenvalue weighted by atomic mass is 31.2. The molecule has 0 fully saturated rings. The molecule has 0 radical (unpaired) electrons. The maximum absolute atomic E-state index is 12.8. The van der Waals surface area contributed by atoms with Gasteiger partial charge in [-0.15, -0.1) is 0 Å². The number of carbonyl (C=O) groups excluding carboxylic acids is 2. The third-order valence-electron chi connectivity index (χ3n) is 13.7. The average molecular weight is 1090 g/mol. The number of rotatable bonds is 58. The van der Waals surface area contributed by atoms with Gasteiger partial charge < -0.3 is 18.9 Å². The predicted molar refractivity (Wildman–Crippen MR) is 326 cm³/mol. The van der Waals surface area contributed by atoms with Crippen LogP contribution in [-0.4, -0.2) is 74.9 Å². The lowest BCUT2D eigenvalue weighted by Gasteiger charge is -2.24. The van der Waals surface area contributed by atoms with Gasteiger partial charge in [0.2, 0.25) is 0 Å². The van der Waals surface area contributed by atoms with Gasteiger partial charge in [0.1, 0.15) is 19.8 Å². The van der Waals surface area contributed by atoms with Crippen molar-refractivity contribution in [1.29, 1.82) is 0 Å². The molecule has 0 bridgehead atoms. The van der Waals surface area contributed by atoms with Gasteiger partial charge in [0.25, 0.3) is 0 Å². The minimum Gasteiger partial charge on any atom is -0.462 e. The van der Waals surface area contributed by atoms with Crippen molar-refractivity contribution in [2.45, 2.75) is 290 Å². The number of hydrogen-bond donors (Lipinski definition) is 1. The molecule has 0 aliphatic carbocycles. The Balaban J connectivity index is 4.10. The Morgan fingerprint density at radius 2 is 0.750 bits per heavy atom. The number of allylic oxidation sites excluding steroid dienone is 12. The molecular formula is C66H121NO8P+. The van der Waals surface area contributed by atoms with Crippen molar-refractivity contribution in [3.8, 4) is 0 Å². The summed E-state index contributed by atoms with van der Waals surface area (Å²) in [5.74, 6) is -0.791. The number of nitrogens with zero attached hydrogens (tertiary/aromatic N) is 1. The van der Waals surface area contributed by atoms with E-state index in [0.29, 0.717) is 17.4 Å². The zero-order valence-corrected chi connectivity index (χ0v) is 51.1. The Morgan fingerprint density at radius 1 is 0.421 bits per heavy atom. The number of esters is 2. The molecule has 0 aromatic carbocycles. The fourth-order valence-electron chi connectivity index (χ4n) is 8.86. The van der Waals surface area contributed by atoms with Crippen LogP contribution in [0.15, 0.2) is 72.9 Å². The van der Waals surface area contributed by atoms with E-state index in [1.54, 1.807) is 0 Å². The molecule has 0 rings (SSSR count). The van der Waals surface area contributed by atoms with E-state index in [1.807, 2.05) is 21.1 Å². The number of ether oxygens (including phenoxy) is 2. The summed E-state index contributed by atoms with van der Waals surface area (Å²) in [5, 5.41) is 0. The lowest BCUT2D eigenvalue weighted by Crippen LogP contribution is -2.37. The van der Waals surface area contributed by atoms with Gasteiger partial charge in [-0.05, 0) is 83.5 Å². The molecule has 0 aliphatic heterocycles. The van der Waals surface area contributed by atoms with E-state index in [9.17, 15) is 19.0 Å². The van der Waals surface area contributed by atoms with Crippen LogP contribution in [0.5, 0.6) is 0 Å². The second-order valence-corrected chi connectivity index (χ2v) is 23.9. The molecule has 76 heavy (non-hydrogen) atoms. The summed E-state index contributed by atoms with van der Waals surface area (Å²) in [6.45, 7) is 4.34. The molecule has 0 aliphatic rings. The SMILES string of the molecule is CC/C=C\C/C=C\C/C=C\C/C=C\CCCCCCCCCCCCCCCCC(=O)OC(COC(=O)CCCCCCCCCCCCCCC/C=C\C/C=C\CCCCCCC)COP(=O)(O)OCC[N+](C)(C)C. The van der Waals surface area contributed by atoms with Gasteiger partial charge in [0.15, 0.2) is 6.10 Å². The third-order valence-corrected chi connectivity index (χ3v) is 14.7. The summed E-state index contributed by atoms with van der Waals surface area (Å²) in [6, 6.07) is 0. The quantitative estimate of drug-likeness (QED) is 0.0211. The number of unbranched alkanes of at least 4 members (excludes halogenated alkanes) is 32. The second-order valence-electron chi connectivity index (χ2n) is 22.4. The Hall–Kier alpha value is -2.55. The molecule has 9 nitrogen and oxygen atoms in total. The summed E-state index contributed by atoms with van der Waals surface area (Å²) in [6.07, 6.45) is 75.5. The molecule has 442 valence electrons. The number of phosphoric acid groups is 1. The lowest BCUT2D eigenvalue weighted by atomic mass is 10.0.